The van der Waals surface area contributed by atoms with Gasteiger partial charge in [0.2, 0.25) is 5.96 Å². The number of halogens is 2. The number of rotatable bonds is 2. The second-order valence-corrected chi connectivity index (χ2v) is 5.69. The Bertz CT molecular complexity index is 767. The fourth-order valence-electron chi connectivity index (χ4n) is 2.69. The van der Waals surface area contributed by atoms with Crippen molar-refractivity contribution in [2.24, 2.45) is 21.5 Å². The van der Waals surface area contributed by atoms with Gasteiger partial charge in [-0.3, -0.25) is 0 Å². The molecule has 0 bridgehead atoms. The van der Waals surface area contributed by atoms with Crippen molar-refractivity contribution in [1.29, 1.82) is 0 Å². The lowest BCUT2D eigenvalue weighted by Gasteiger charge is -2.15. The highest BCUT2D eigenvalue weighted by molar-refractivity contribution is 5.94. The van der Waals surface area contributed by atoms with Crippen LogP contribution in [0.5, 0.6) is 0 Å². The molecule has 4 N–H and O–H groups in total. The van der Waals surface area contributed by atoms with Crippen molar-refractivity contribution in [2.75, 3.05) is 13.1 Å². The van der Waals surface area contributed by atoms with E-state index < -0.39 is 0 Å². The van der Waals surface area contributed by atoms with Crippen LogP contribution in [-0.2, 0) is 0 Å². The molecule has 0 spiro atoms. The highest BCUT2D eigenvalue weighted by Gasteiger charge is 2.13. The molecular formula is C18H21ClFN5. The molecule has 0 aromatic heterocycles. The SMILES string of the molecule is Cl.NC(=Nc1ccc(-c2cccc(F)c2)cc1)N=C(N)N1CCCC1. The average molecular weight is 362 g/mol. The summed E-state index contributed by atoms with van der Waals surface area (Å²) < 4.78 is 13.3. The summed E-state index contributed by atoms with van der Waals surface area (Å²) in [6, 6.07) is 13.8. The zero-order chi connectivity index (χ0) is 16.9. The van der Waals surface area contributed by atoms with Gasteiger partial charge in [-0.2, -0.15) is 4.99 Å². The van der Waals surface area contributed by atoms with E-state index in [9.17, 15) is 4.39 Å². The first-order valence-electron chi connectivity index (χ1n) is 7.91. The van der Waals surface area contributed by atoms with E-state index in [0.717, 1.165) is 37.1 Å². The minimum absolute atomic E-state index is 0. The first-order valence-corrected chi connectivity index (χ1v) is 7.91. The van der Waals surface area contributed by atoms with Gasteiger partial charge in [-0.1, -0.05) is 24.3 Å². The predicted molar refractivity (Wildman–Crippen MR) is 103 cm³/mol. The van der Waals surface area contributed by atoms with E-state index in [1.165, 1.54) is 12.1 Å². The number of nitrogens with two attached hydrogens (primary N) is 2. The summed E-state index contributed by atoms with van der Waals surface area (Å²) in [5.74, 6) is 0.272. The molecule has 2 aromatic rings. The second kappa shape index (κ2) is 8.48. The number of hydrogen-bond acceptors (Lipinski definition) is 1. The number of benzene rings is 2. The van der Waals surface area contributed by atoms with Crippen LogP contribution in [0.25, 0.3) is 11.1 Å². The molecule has 1 heterocycles. The molecule has 7 heteroatoms. The lowest BCUT2D eigenvalue weighted by atomic mass is 10.1. The summed E-state index contributed by atoms with van der Waals surface area (Å²) in [4.78, 5) is 10.4. The molecule has 0 amide bonds. The fraction of sp³-hybridized carbons (Fsp3) is 0.222. The number of aliphatic imine (C=N–C) groups is 2. The normalized spacial score (nSPS) is 15.2. The molecular weight excluding hydrogens is 341 g/mol. The van der Waals surface area contributed by atoms with Gasteiger partial charge in [0.1, 0.15) is 5.82 Å². The minimum Gasteiger partial charge on any atom is -0.369 e. The topological polar surface area (TPSA) is 80.0 Å². The van der Waals surface area contributed by atoms with Gasteiger partial charge in [0, 0.05) is 13.1 Å². The van der Waals surface area contributed by atoms with Gasteiger partial charge in [0.05, 0.1) is 5.69 Å². The molecule has 25 heavy (non-hydrogen) atoms. The molecule has 0 unspecified atom stereocenters. The Labute approximate surface area is 152 Å². The Hall–Kier alpha value is -2.60. The first-order chi connectivity index (χ1) is 11.6. The van der Waals surface area contributed by atoms with Crippen molar-refractivity contribution < 1.29 is 4.39 Å². The third kappa shape index (κ3) is 4.93. The highest BCUT2D eigenvalue weighted by Crippen LogP contribution is 2.23. The van der Waals surface area contributed by atoms with Crippen molar-refractivity contribution in [3.05, 3.63) is 54.3 Å². The first kappa shape index (κ1) is 18.7. The van der Waals surface area contributed by atoms with Crippen molar-refractivity contribution >= 4 is 30.0 Å². The van der Waals surface area contributed by atoms with Crippen molar-refractivity contribution in [3.63, 3.8) is 0 Å². The summed E-state index contributed by atoms with van der Waals surface area (Å²) in [6.45, 7) is 1.82. The molecule has 0 atom stereocenters. The summed E-state index contributed by atoms with van der Waals surface area (Å²) in [5, 5.41) is 0. The van der Waals surface area contributed by atoms with Crippen LogP contribution in [0.4, 0.5) is 10.1 Å². The van der Waals surface area contributed by atoms with E-state index in [1.807, 2.05) is 35.2 Å². The minimum atomic E-state index is -0.259. The quantitative estimate of drug-likeness (QED) is 0.636. The maximum atomic E-state index is 13.3. The molecule has 0 saturated carbocycles. The molecule has 3 rings (SSSR count). The van der Waals surface area contributed by atoms with Gasteiger partial charge in [-0.15, -0.1) is 12.4 Å². The lowest BCUT2D eigenvalue weighted by molar-refractivity contribution is 0.514. The molecule has 0 aliphatic carbocycles. The molecule has 1 fully saturated rings. The highest BCUT2D eigenvalue weighted by atomic mass is 35.5. The van der Waals surface area contributed by atoms with Crippen molar-refractivity contribution in [2.45, 2.75) is 12.8 Å². The van der Waals surface area contributed by atoms with Gasteiger partial charge in [0.25, 0.3) is 0 Å². The molecule has 1 saturated heterocycles. The molecule has 1 aliphatic rings. The Kier molecular flexibility index (Phi) is 6.36. The van der Waals surface area contributed by atoms with Gasteiger partial charge in [-0.05, 0) is 48.2 Å². The number of likely N-dealkylation sites (tertiary alicyclic amines) is 1. The largest absolute Gasteiger partial charge is 0.369 e. The fourth-order valence-corrected chi connectivity index (χ4v) is 2.69. The Morgan fingerprint density at radius 3 is 2.28 bits per heavy atom. The van der Waals surface area contributed by atoms with E-state index in [2.05, 4.69) is 9.98 Å². The van der Waals surface area contributed by atoms with Crippen LogP contribution in [0.1, 0.15) is 12.8 Å². The van der Waals surface area contributed by atoms with Crippen molar-refractivity contribution in [3.8, 4) is 11.1 Å². The summed E-state index contributed by atoms with van der Waals surface area (Å²) in [6.07, 6.45) is 2.24. The zero-order valence-corrected chi connectivity index (χ0v) is 14.5. The third-order valence-corrected chi connectivity index (χ3v) is 3.93. The van der Waals surface area contributed by atoms with E-state index in [-0.39, 0.29) is 24.2 Å². The maximum absolute atomic E-state index is 13.3. The van der Waals surface area contributed by atoms with E-state index in [0.29, 0.717) is 11.6 Å². The Morgan fingerprint density at radius 1 is 0.960 bits per heavy atom. The summed E-state index contributed by atoms with van der Waals surface area (Å²) in [7, 11) is 0. The Balaban J connectivity index is 0.00000225. The maximum Gasteiger partial charge on any atom is 0.223 e. The van der Waals surface area contributed by atoms with Gasteiger partial charge >= 0.3 is 0 Å². The average Bonchev–Trinajstić information content (AvgIpc) is 3.10. The van der Waals surface area contributed by atoms with Crippen LogP contribution in [0.2, 0.25) is 0 Å². The van der Waals surface area contributed by atoms with E-state index >= 15 is 0 Å². The van der Waals surface area contributed by atoms with Crippen LogP contribution in [0.15, 0.2) is 58.5 Å². The molecule has 5 nitrogen and oxygen atoms in total. The standard InChI is InChI=1S/C18H20FN5.ClH/c19-15-5-3-4-14(12-15)13-6-8-16(9-7-13)22-17(20)23-18(21)24-10-1-2-11-24;/h3-9,12H,1-2,10-11H2,(H4,20,21,22,23);1H. The third-order valence-electron chi connectivity index (χ3n) is 3.93. The van der Waals surface area contributed by atoms with E-state index in [4.69, 9.17) is 11.5 Å². The van der Waals surface area contributed by atoms with Gasteiger partial charge in [0.15, 0.2) is 5.96 Å². The number of guanidine groups is 2. The molecule has 1 aliphatic heterocycles. The number of hydrogen-bond donors (Lipinski definition) is 2. The van der Waals surface area contributed by atoms with Crippen LogP contribution in [0, 0.1) is 5.82 Å². The van der Waals surface area contributed by atoms with E-state index in [1.54, 1.807) is 6.07 Å². The van der Waals surface area contributed by atoms with Crippen LogP contribution in [0.3, 0.4) is 0 Å². The van der Waals surface area contributed by atoms with Crippen LogP contribution >= 0.6 is 12.4 Å². The predicted octanol–water partition coefficient (Wildman–Crippen LogP) is 3.27. The Morgan fingerprint density at radius 2 is 1.64 bits per heavy atom. The smallest absolute Gasteiger partial charge is 0.223 e. The van der Waals surface area contributed by atoms with Crippen molar-refractivity contribution in [1.82, 2.24) is 4.90 Å². The van der Waals surface area contributed by atoms with Gasteiger partial charge in [-0.25, -0.2) is 9.38 Å². The van der Waals surface area contributed by atoms with Crippen LogP contribution in [-0.4, -0.2) is 29.9 Å². The zero-order valence-electron chi connectivity index (χ0n) is 13.7. The number of nitrogens with zero attached hydrogens (tertiary/aromatic N) is 3. The molecule has 132 valence electrons. The second-order valence-electron chi connectivity index (χ2n) is 5.69. The summed E-state index contributed by atoms with van der Waals surface area (Å²) in [5.41, 5.74) is 14.2. The van der Waals surface area contributed by atoms with Gasteiger partial charge < -0.3 is 16.4 Å². The molecule has 2 aromatic carbocycles. The lowest BCUT2D eigenvalue weighted by Crippen LogP contribution is -2.36. The molecule has 0 radical (unpaired) electrons. The monoisotopic (exact) mass is 361 g/mol. The summed E-state index contributed by atoms with van der Waals surface area (Å²) >= 11 is 0. The van der Waals surface area contributed by atoms with Crippen LogP contribution < -0.4 is 11.5 Å².